The van der Waals surface area contributed by atoms with E-state index in [1.54, 1.807) is 18.3 Å². The van der Waals surface area contributed by atoms with Crippen LogP contribution >= 0.6 is 0 Å². The van der Waals surface area contributed by atoms with Crippen molar-refractivity contribution >= 4 is 11.7 Å². The highest BCUT2D eigenvalue weighted by Gasteiger charge is 2.28. The molecule has 1 aliphatic heterocycles. The number of hydrogen-bond donors (Lipinski definition) is 1. The van der Waals surface area contributed by atoms with E-state index < -0.39 is 0 Å². The van der Waals surface area contributed by atoms with Gasteiger partial charge in [-0.2, -0.15) is 4.98 Å². The molecule has 4 rings (SSSR count). The maximum Gasteiger partial charge on any atom is 0.261 e. The van der Waals surface area contributed by atoms with Gasteiger partial charge in [0.1, 0.15) is 11.6 Å². The smallest absolute Gasteiger partial charge is 0.261 e. The highest BCUT2D eigenvalue weighted by atomic mass is 19.1. The van der Waals surface area contributed by atoms with E-state index in [1.807, 2.05) is 26.0 Å². The topological polar surface area (TPSA) is 84.2 Å². The number of anilines is 1. The lowest BCUT2D eigenvalue weighted by atomic mass is 9.95. The Hall–Kier alpha value is -3.29. The van der Waals surface area contributed by atoms with E-state index in [9.17, 15) is 9.18 Å². The number of carbonyl (C=O) groups excluding carboxylic acids is 1. The van der Waals surface area contributed by atoms with Crippen molar-refractivity contribution in [1.29, 1.82) is 0 Å². The molecule has 8 heteroatoms. The summed E-state index contributed by atoms with van der Waals surface area (Å²) < 4.78 is 19.0. The van der Waals surface area contributed by atoms with E-state index in [0.717, 1.165) is 24.2 Å². The summed E-state index contributed by atoms with van der Waals surface area (Å²) in [5.74, 6) is 1.17. The van der Waals surface area contributed by atoms with Gasteiger partial charge >= 0.3 is 0 Å². The van der Waals surface area contributed by atoms with Crippen molar-refractivity contribution in [2.24, 2.45) is 5.92 Å². The molecule has 1 aliphatic rings. The second-order valence-electron chi connectivity index (χ2n) is 7.73. The lowest BCUT2D eigenvalue weighted by molar-refractivity contribution is -0.126. The molecule has 0 spiro atoms. The van der Waals surface area contributed by atoms with Gasteiger partial charge < -0.3 is 14.7 Å². The molecule has 30 heavy (non-hydrogen) atoms. The standard InChI is InChI=1S/C22H24FN5O2/c1-14(2)25-21(29)15-8-11-28(12-9-15)20-18(7-4-10-24-20)22-26-19(27-30-22)16-5-3-6-17(23)13-16/h3-7,10,13-15H,8-9,11-12H2,1-2H3,(H,25,29). The van der Waals surface area contributed by atoms with Crippen LogP contribution in [0, 0.1) is 11.7 Å². The predicted octanol–water partition coefficient (Wildman–Crippen LogP) is 3.68. The fourth-order valence-electron chi connectivity index (χ4n) is 3.65. The number of amides is 1. The van der Waals surface area contributed by atoms with Gasteiger partial charge in [0, 0.05) is 36.8 Å². The lowest BCUT2D eigenvalue weighted by Crippen LogP contribution is -2.42. The molecule has 1 saturated heterocycles. The van der Waals surface area contributed by atoms with Crippen LogP contribution < -0.4 is 10.2 Å². The van der Waals surface area contributed by atoms with Crippen molar-refractivity contribution in [1.82, 2.24) is 20.4 Å². The van der Waals surface area contributed by atoms with Crippen LogP contribution in [0.15, 0.2) is 47.1 Å². The Morgan fingerprint density at radius 2 is 2.03 bits per heavy atom. The van der Waals surface area contributed by atoms with Crippen LogP contribution in [0.5, 0.6) is 0 Å². The molecule has 1 N–H and O–H groups in total. The number of benzene rings is 1. The SMILES string of the molecule is CC(C)NC(=O)C1CCN(c2ncccc2-c2nc(-c3cccc(F)c3)no2)CC1. The van der Waals surface area contributed by atoms with Crippen molar-refractivity contribution in [3.05, 3.63) is 48.4 Å². The molecule has 1 fully saturated rings. The number of aromatic nitrogens is 3. The molecule has 7 nitrogen and oxygen atoms in total. The Kier molecular flexibility index (Phi) is 5.74. The maximum absolute atomic E-state index is 13.5. The zero-order chi connectivity index (χ0) is 21.1. The normalized spacial score (nSPS) is 14.9. The number of nitrogens with zero attached hydrogens (tertiary/aromatic N) is 4. The monoisotopic (exact) mass is 409 g/mol. The van der Waals surface area contributed by atoms with Crippen LogP contribution in [0.25, 0.3) is 22.8 Å². The van der Waals surface area contributed by atoms with E-state index in [4.69, 9.17) is 4.52 Å². The van der Waals surface area contributed by atoms with E-state index in [2.05, 4.69) is 25.3 Å². The molecule has 156 valence electrons. The Balaban J connectivity index is 1.52. The molecule has 0 radical (unpaired) electrons. The Morgan fingerprint density at radius 1 is 1.23 bits per heavy atom. The van der Waals surface area contributed by atoms with Crippen LogP contribution in [0.3, 0.4) is 0 Å². The van der Waals surface area contributed by atoms with Gasteiger partial charge in [-0.25, -0.2) is 9.37 Å². The van der Waals surface area contributed by atoms with E-state index in [1.165, 1.54) is 12.1 Å². The summed E-state index contributed by atoms with van der Waals surface area (Å²) in [4.78, 5) is 23.4. The minimum absolute atomic E-state index is 0.0128. The fourth-order valence-corrected chi connectivity index (χ4v) is 3.65. The summed E-state index contributed by atoms with van der Waals surface area (Å²) in [5.41, 5.74) is 1.27. The number of nitrogens with one attached hydrogen (secondary N) is 1. The van der Waals surface area contributed by atoms with Crippen molar-refractivity contribution in [3.8, 4) is 22.8 Å². The van der Waals surface area contributed by atoms with Gasteiger partial charge in [-0.15, -0.1) is 0 Å². The summed E-state index contributed by atoms with van der Waals surface area (Å²) in [5, 5.41) is 6.99. The van der Waals surface area contributed by atoms with E-state index >= 15 is 0 Å². The zero-order valence-electron chi connectivity index (χ0n) is 17.0. The highest BCUT2D eigenvalue weighted by molar-refractivity contribution is 5.79. The second kappa shape index (κ2) is 8.61. The molecule has 3 heterocycles. The molecule has 0 saturated carbocycles. The molecular weight excluding hydrogens is 385 g/mol. The van der Waals surface area contributed by atoms with Crippen molar-refractivity contribution in [2.75, 3.05) is 18.0 Å². The first-order valence-corrected chi connectivity index (χ1v) is 10.1. The number of rotatable bonds is 5. The molecule has 0 unspecified atom stereocenters. The minimum atomic E-state index is -0.356. The summed E-state index contributed by atoms with van der Waals surface area (Å²) >= 11 is 0. The van der Waals surface area contributed by atoms with E-state index in [0.29, 0.717) is 30.4 Å². The zero-order valence-corrected chi connectivity index (χ0v) is 17.0. The number of halogens is 1. The van der Waals surface area contributed by atoms with Crippen LogP contribution in [0.2, 0.25) is 0 Å². The Bertz CT molecular complexity index is 1030. The summed E-state index contributed by atoms with van der Waals surface area (Å²) in [6.45, 7) is 5.36. The molecule has 3 aromatic rings. The molecule has 2 aromatic heterocycles. The average molecular weight is 409 g/mol. The second-order valence-corrected chi connectivity index (χ2v) is 7.73. The van der Waals surface area contributed by atoms with Crippen LogP contribution in [0.4, 0.5) is 10.2 Å². The molecular formula is C22H24FN5O2. The molecule has 0 bridgehead atoms. The van der Waals surface area contributed by atoms with Crippen LogP contribution in [0.1, 0.15) is 26.7 Å². The minimum Gasteiger partial charge on any atom is -0.356 e. The third-order valence-electron chi connectivity index (χ3n) is 5.12. The van der Waals surface area contributed by atoms with E-state index in [-0.39, 0.29) is 23.7 Å². The quantitative estimate of drug-likeness (QED) is 0.692. The lowest BCUT2D eigenvalue weighted by Gasteiger charge is -2.33. The summed E-state index contributed by atoms with van der Waals surface area (Å²) in [6, 6.07) is 9.91. The Morgan fingerprint density at radius 3 is 2.77 bits per heavy atom. The van der Waals surface area contributed by atoms with Gasteiger partial charge in [0.15, 0.2) is 0 Å². The number of piperidine rings is 1. The number of hydrogen-bond acceptors (Lipinski definition) is 6. The molecule has 1 amide bonds. The van der Waals surface area contributed by atoms with Gasteiger partial charge in [-0.3, -0.25) is 4.79 Å². The third kappa shape index (κ3) is 4.32. The Labute approximate surface area is 174 Å². The van der Waals surface area contributed by atoms with Gasteiger partial charge in [-0.1, -0.05) is 17.3 Å². The number of pyridine rings is 1. The van der Waals surface area contributed by atoms with Gasteiger partial charge in [0.25, 0.3) is 5.89 Å². The fraction of sp³-hybridized carbons (Fsp3) is 0.364. The first-order valence-electron chi connectivity index (χ1n) is 10.1. The maximum atomic E-state index is 13.5. The largest absolute Gasteiger partial charge is 0.356 e. The van der Waals surface area contributed by atoms with Crippen molar-refractivity contribution in [2.45, 2.75) is 32.7 Å². The average Bonchev–Trinajstić information content (AvgIpc) is 3.24. The van der Waals surface area contributed by atoms with Gasteiger partial charge in [0.05, 0.1) is 5.56 Å². The molecule has 1 aromatic carbocycles. The number of carbonyl (C=O) groups is 1. The van der Waals surface area contributed by atoms with Gasteiger partial charge in [0.2, 0.25) is 11.7 Å². The van der Waals surface area contributed by atoms with Crippen LogP contribution in [-0.2, 0) is 4.79 Å². The van der Waals surface area contributed by atoms with Gasteiger partial charge in [-0.05, 0) is 51.0 Å². The molecule has 0 atom stereocenters. The van der Waals surface area contributed by atoms with Crippen molar-refractivity contribution < 1.29 is 13.7 Å². The third-order valence-corrected chi connectivity index (χ3v) is 5.12. The first kappa shape index (κ1) is 20.0. The first-order chi connectivity index (χ1) is 14.5. The molecule has 0 aliphatic carbocycles. The highest BCUT2D eigenvalue weighted by Crippen LogP contribution is 2.32. The van der Waals surface area contributed by atoms with Crippen LogP contribution in [-0.4, -0.2) is 40.2 Å². The van der Waals surface area contributed by atoms with Crippen molar-refractivity contribution in [3.63, 3.8) is 0 Å². The summed E-state index contributed by atoms with van der Waals surface area (Å²) in [6.07, 6.45) is 3.24. The summed E-state index contributed by atoms with van der Waals surface area (Å²) in [7, 11) is 0. The predicted molar refractivity (Wildman–Crippen MR) is 111 cm³/mol.